The van der Waals surface area contributed by atoms with Crippen LogP contribution in [0.25, 0.3) is 0 Å². The minimum absolute atomic E-state index is 0.0204. The van der Waals surface area contributed by atoms with Crippen molar-refractivity contribution in [1.29, 1.82) is 0 Å². The lowest BCUT2D eigenvalue weighted by Crippen LogP contribution is -2.36. The molecule has 23 heavy (non-hydrogen) atoms. The van der Waals surface area contributed by atoms with Crippen LogP contribution in [0.5, 0.6) is 0 Å². The van der Waals surface area contributed by atoms with Crippen molar-refractivity contribution in [2.24, 2.45) is 5.73 Å². The maximum Gasteiger partial charge on any atom is 0.251 e. The summed E-state index contributed by atoms with van der Waals surface area (Å²) < 4.78 is 25.9. The van der Waals surface area contributed by atoms with Crippen molar-refractivity contribution in [3.05, 3.63) is 29.8 Å². The Kier molecular flexibility index (Phi) is 5.73. The number of benzene rings is 1. The van der Waals surface area contributed by atoms with E-state index in [-0.39, 0.29) is 16.8 Å². The number of carbonyl (C=O) groups excluding carboxylic acids is 2. The summed E-state index contributed by atoms with van der Waals surface area (Å²) in [4.78, 5) is 22.8. The van der Waals surface area contributed by atoms with Crippen LogP contribution in [0.2, 0.25) is 0 Å². The summed E-state index contributed by atoms with van der Waals surface area (Å²) in [6.07, 6.45) is 5.41. The van der Waals surface area contributed by atoms with Gasteiger partial charge in [-0.05, 0) is 37.1 Å². The van der Waals surface area contributed by atoms with Gasteiger partial charge in [0, 0.05) is 11.6 Å². The van der Waals surface area contributed by atoms with Gasteiger partial charge in [-0.1, -0.05) is 19.3 Å². The van der Waals surface area contributed by atoms with E-state index in [4.69, 9.17) is 5.73 Å². The number of carbonyl (C=O) groups is 2. The third kappa shape index (κ3) is 5.04. The van der Waals surface area contributed by atoms with Gasteiger partial charge in [0.15, 0.2) is 0 Å². The van der Waals surface area contributed by atoms with E-state index >= 15 is 0 Å². The molecule has 8 heteroatoms. The number of rotatable bonds is 6. The molecule has 0 unspecified atom stereocenters. The Morgan fingerprint density at radius 2 is 1.70 bits per heavy atom. The Labute approximate surface area is 135 Å². The number of hydrogen-bond acceptors (Lipinski definition) is 4. The lowest BCUT2D eigenvalue weighted by atomic mass is 9.95. The Hall–Kier alpha value is -1.93. The molecule has 1 saturated carbocycles. The quantitative estimate of drug-likeness (QED) is 0.700. The van der Waals surface area contributed by atoms with Crippen molar-refractivity contribution in [3.8, 4) is 0 Å². The predicted octanol–water partition coefficient (Wildman–Crippen LogP) is 0.513. The molecule has 1 aliphatic rings. The average molecular weight is 339 g/mol. The molecule has 0 radical (unpaired) electrons. The van der Waals surface area contributed by atoms with Gasteiger partial charge in [0.05, 0.1) is 11.4 Å². The second-order valence-corrected chi connectivity index (χ2v) is 7.39. The molecule has 0 atom stereocenters. The summed E-state index contributed by atoms with van der Waals surface area (Å²) in [5.74, 6) is -0.969. The number of hydrogen-bond donors (Lipinski definition) is 3. The summed E-state index contributed by atoms with van der Waals surface area (Å²) in [6.45, 7) is -0.466. The van der Waals surface area contributed by atoms with Crippen molar-refractivity contribution >= 4 is 21.8 Å². The third-order valence-corrected chi connectivity index (χ3v) is 5.22. The highest BCUT2D eigenvalue weighted by Gasteiger charge is 2.18. The fraction of sp³-hybridized carbons (Fsp3) is 0.467. The van der Waals surface area contributed by atoms with Gasteiger partial charge < -0.3 is 11.1 Å². The average Bonchev–Trinajstić information content (AvgIpc) is 2.54. The van der Waals surface area contributed by atoms with Crippen LogP contribution in [-0.4, -0.2) is 32.8 Å². The topological polar surface area (TPSA) is 118 Å². The normalized spacial score (nSPS) is 16.0. The zero-order chi connectivity index (χ0) is 16.9. The van der Waals surface area contributed by atoms with Crippen molar-refractivity contribution < 1.29 is 18.0 Å². The van der Waals surface area contributed by atoms with Gasteiger partial charge in [0.25, 0.3) is 5.91 Å². The molecule has 0 bridgehead atoms. The molecule has 0 heterocycles. The molecule has 2 rings (SSSR count). The standard InChI is InChI=1S/C15H21N3O4S/c16-14(19)10-17-23(21,22)13-8-6-11(7-9-13)15(20)18-12-4-2-1-3-5-12/h6-9,12,17H,1-5,10H2,(H2,16,19)(H,18,20). The van der Waals surface area contributed by atoms with Crippen LogP contribution in [0.1, 0.15) is 42.5 Å². The number of amides is 2. The molecule has 0 spiro atoms. The SMILES string of the molecule is NC(=O)CNS(=O)(=O)c1ccc(C(=O)NC2CCCCC2)cc1. The largest absolute Gasteiger partial charge is 0.369 e. The molecule has 0 aromatic heterocycles. The van der Waals surface area contributed by atoms with E-state index in [2.05, 4.69) is 10.0 Å². The van der Waals surface area contributed by atoms with Gasteiger partial charge in [-0.15, -0.1) is 0 Å². The number of primary amides is 1. The Bertz CT molecular complexity index is 664. The van der Waals surface area contributed by atoms with Crippen LogP contribution < -0.4 is 15.8 Å². The Morgan fingerprint density at radius 1 is 1.09 bits per heavy atom. The molecule has 1 aromatic carbocycles. The summed E-state index contributed by atoms with van der Waals surface area (Å²) in [5, 5.41) is 2.97. The first-order valence-electron chi connectivity index (χ1n) is 7.57. The van der Waals surface area contributed by atoms with Gasteiger partial charge in [0.2, 0.25) is 15.9 Å². The minimum atomic E-state index is -3.81. The zero-order valence-corrected chi connectivity index (χ0v) is 13.6. The van der Waals surface area contributed by atoms with Gasteiger partial charge in [-0.3, -0.25) is 9.59 Å². The zero-order valence-electron chi connectivity index (χ0n) is 12.7. The summed E-state index contributed by atoms with van der Waals surface area (Å²) >= 11 is 0. The van der Waals surface area contributed by atoms with E-state index in [1.807, 2.05) is 0 Å². The molecular weight excluding hydrogens is 318 g/mol. The van der Waals surface area contributed by atoms with Crippen LogP contribution >= 0.6 is 0 Å². The Balaban J connectivity index is 2.00. The molecule has 1 fully saturated rings. The van der Waals surface area contributed by atoms with E-state index in [0.717, 1.165) is 25.7 Å². The molecule has 7 nitrogen and oxygen atoms in total. The van der Waals surface area contributed by atoms with Gasteiger partial charge >= 0.3 is 0 Å². The van der Waals surface area contributed by atoms with Crippen molar-refractivity contribution in [1.82, 2.24) is 10.0 Å². The van der Waals surface area contributed by atoms with Crippen molar-refractivity contribution in [2.75, 3.05) is 6.54 Å². The highest BCUT2D eigenvalue weighted by atomic mass is 32.2. The van der Waals surface area contributed by atoms with E-state index < -0.39 is 22.5 Å². The summed E-state index contributed by atoms with van der Waals surface area (Å²) in [7, 11) is -3.81. The molecule has 0 saturated heterocycles. The van der Waals surface area contributed by atoms with E-state index in [1.165, 1.54) is 30.7 Å². The lowest BCUT2D eigenvalue weighted by molar-refractivity contribution is -0.116. The highest BCUT2D eigenvalue weighted by Crippen LogP contribution is 2.18. The number of sulfonamides is 1. The van der Waals surface area contributed by atoms with Crippen LogP contribution in [0, 0.1) is 0 Å². The second-order valence-electron chi connectivity index (χ2n) is 5.62. The van der Waals surface area contributed by atoms with Crippen LogP contribution in [0.3, 0.4) is 0 Å². The fourth-order valence-corrected chi connectivity index (χ4v) is 3.54. The molecule has 1 aliphatic carbocycles. The fourth-order valence-electron chi connectivity index (χ4n) is 2.55. The second kappa shape index (κ2) is 7.56. The number of nitrogens with one attached hydrogen (secondary N) is 2. The third-order valence-electron chi connectivity index (χ3n) is 3.80. The Morgan fingerprint density at radius 3 is 2.26 bits per heavy atom. The maximum atomic E-state index is 12.2. The predicted molar refractivity (Wildman–Crippen MR) is 85.2 cm³/mol. The van der Waals surface area contributed by atoms with E-state index in [9.17, 15) is 18.0 Å². The molecule has 126 valence electrons. The van der Waals surface area contributed by atoms with E-state index in [1.54, 1.807) is 0 Å². The number of nitrogens with two attached hydrogens (primary N) is 1. The van der Waals surface area contributed by atoms with Crippen molar-refractivity contribution in [2.45, 2.75) is 43.0 Å². The highest BCUT2D eigenvalue weighted by molar-refractivity contribution is 7.89. The van der Waals surface area contributed by atoms with Crippen LogP contribution in [0.4, 0.5) is 0 Å². The van der Waals surface area contributed by atoms with Crippen LogP contribution in [0.15, 0.2) is 29.2 Å². The van der Waals surface area contributed by atoms with Gasteiger partial charge in [-0.2, -0.15) is 0 Å². The summed E-state index contributed by atoms with van der Waals surface area (Å²) in [5.41, 5.74) is 5.32. The summed E-state index contributed by atoms with van der Waals surface area (Å²) in [6, 6.07) is 5.77. The monoisotopic (exact) mass is 339 g/mol. The molecule has 0 aliphatic heterocycles. The molecule has 1 aromatic rings. The minimum Gasteiger partial charge on any atom is -0.369 e. The first-order chi connectivity index (χ1) is 10.9. The van der Waals surface area contributed by atoms with Gasteiger partial charge in [0.1, 0.15) is 0 Å². The first-order valence-corrected chi connectivity index (χ1v) is 9.06. The first kappa shape index (κ1) is 17.4. The van der Waals surface area contributed by atoms with E-state index in [0.29, 0.717) is 5.56 Å². The maximum absolute atomic E-state index is 12.2. The van der Waals surface area contributed by atoms with Crippen LogP contribution in [-0.2, 0) is 14.8 Å². The molecule has 4 N–H and O–H groups in total. The molecular formula is C15H21N3O4S. The lowest BCUT2D eigenvalue weighted by Gasteiger charge is -2.22. The molecule has 2 amide bonds. The smallest absolute Gasteiger partial charge is 0.251 e. The van der Waals surface area contributed by atoms with Crippen molar-refractivity contribution in [3.63, 3.8) is 0 Å². The van der Waals surface area contributed by atoms with Gasteiger partial charge in [-0.25, -0.2) is 13.1 Å².